The van der Waals surface area contributed by atoms with Gasteiger partial charge in [0.1, 0.15) is 0 Å². The second-order valence-corrected chi connectivity index (χ2v) is 8.18. The molecule has 148 valence electrons. The van der Waals surface area contributed by atoms with Crippen LogP contribution in [0, 0.1) is 0 Å². The van der Waals surface area contributed by atoms with Crippen LogP contribution < -0.4 is 10.6 Å². The summed E-state index contributed by atoms with van der Waals surface area (Å²) in [6, 6.07) is 12.8. The van der Waals surface area contributed by atoms with E-state index in [0.29, 0.717) is 30.6 Å². The molecule has 8 heteroatoms. The summed E-state index contributed by atoms with van der Waals surface area (Å²) in [5.74, 6) is -0.139. The van der Waals surface area contributed by atoms with Crippen LogP contribution in [-0.2, 0) is 20.2 Å². The summed E-state index contributed by atoms with van der Waals surface area (Å²) < 4.78 is 25.6. The van der Waals surface area contributed by atoms with Crippen molar-refractivity contribution in [2.24, 2.45) is 0 Å². The van der Waals surface area contributed by atoms with Gasteiger partial charge in [0, 0.05) is 19.2 Å². The summed E-state index contributed by atoms with van der Waals surface area (Å²) in [7, 11) is -1.67. The Morgan fingerprint density at radius 2 is 1.79 bits per heavy atom. The maximum atomic E-state index is 12.8. The quantitative estimate of drug-likeness (QED) is 0.586. The van der Waals surface area contributed by atoms with Crippen molar-refractivity contribution in [3.63, 3.8) is 0 Å². The van der Waals surface area contributed by atoms with Crippen LogP contribution in [0.25, 0.3) is 11.0 Å². The van der Waals surface area contributed by atoms with E-state index in [9.17, 15) is 9.36 Å². The Bertz CT molecular complexity index is 1000. The smallest absolute Gasteiger partial charge is 0.355 e. The average molecular weight is 401 g/mol. The third-order valence-electron chi connectivity index (χ3n) is 4.31. The molecule has 0 atom stereocenters. The number of nitrogens with one attached hydrogen (secondary N) is 1. The van der Waals surface area contributed by atoms with Crippen LogP contribution in [0.1, 0.15) is 29.8 Å². The number of amides is 1. The Morgan fingerprint density at radius 1 is 1.11 bits per heavy atom. The number of imidazole rings is 1. The van der Waals surface area contributed by atoms with Crippen LogP contribution in [0.3, 0.4) is 0 Å². The lowest BCUT2D eigenvalue weighted by Crippen LogP contribution is -2.17. The van der Waals surface area contributed by atoms with Gasteiger partial charge in [-0.15, -0.1) is 0 Å². The van der Waals surface area contributed by atoms with E-state index < -0.39 is 7.60 Å². The van der Waals surface area contributed by atoms with Crippen LogP contribution in [0.15, 0.2) is 48.8 Å². The molecule has 0 saturated heterocycles. The fraction of sp³-hybridized carbons (Fsp3) is 0.300. The van der Waals surface area contributed by atoms with Crippen molar-refractivity contribution in [2.45, 2.75) is 20.4 Å². The first kappa shape index (κ1) is 20.3. The average Bonchev–Trinajstić information content (AvgIpc) is 3.10. The lowest BCUT2D eigenvalue weighted by atomic mass is 10.2. The normalized spacial score (nSPS) is 11.7. The molecule has 0 fully saturated rings. The van der Waals surface area contributed by atoms with E-state index in [1.807, 2.05) is 22.8 Å². The number of hydrogen-bond acceptors (Lipinski definition) is 5. The number of carbonyl (C=O) groups excluding carboxylic acids is 1. The minimum atomic E-state index is -3.28. The molecule has 1 aromatic heterocycles. The molecule has 3 aromatic rings. The van der Waals surface area contributed by atoms with Crippen molar-refractivity contribution in [3.8, 4) is 0 Å². The van der Waals surface area contributed by atoms with Gasteiger partial charge in [-0.05, 0) is 49.7 Å². The number of rotatable bonds is 8. The SMILES string of the molecule is CCOP(=O)(OCC)c1ccc(Cn2cnc3cc(C(=O)NC)ccc32)cc1. The first-order valence-corrected chi connectivity index (χ1v) is 10.7. The summed E-state index contributed by atoms with van der Waals surface area (Å²) in [4.78, 5) is 16.2. The molecule has 0 aliphatic carbocycles. The van der Waals surface area contributed by atoms with Crippen LogP contribution in [-0.4, -0.2) is 35.7 Å². The van der Waals surface area contributed by atoms with E-state index in [0.717, 1.165) is 16.6 Å². The third kappa shape index (κ3) is 4.17. The van der Waals surface area contributed by atoms with Gasteiger partial charge in [-0.1, -0.05) is 12.1 Å². The topological polar surface area (TPSA) is 82.5 Å². The molecule has 1 amide bonds. The van der Waals surface area contributed by atoms with Gasteiger partial charge < -0.3 is 18.9 Å². The van der Waals surface area contributed by atoms with Crippen molar-refractivity contribution < 1.29 is 18.4 Å². The Morgan fingerprint density at radius 3 is 2.39 bits per heavy atom. The summed E-state index contributed by atoms with van der Waals surface area (Å²) in [6.07, 6.45) is 1.75. The number of benzene rings is 2. The predicted molar refractivity (Wildman–Crippen MR) is 109 cm³/mol. The van der Waals surface area contributed by atoms with Crippen LogP contribution in [0.5, 0.6) is 0 Å². The molecule has 1 heterocycles. The van der Waals surface area contributed by atoms with E-state index in [-0.39, 0.29) is 5.91 Å². The molecule has 0 bridgehead atoms. The zero-order valence-corrected chi connectivity index (χ0v) is 17.1. The summed E-state index contributed by atoms with van der Waals surface area (Å²) >= 11 is 0. The van der Waals surface area contributed by atoms with Gasteiger partial charge in [-0.25, -0.2) is 4.98 Å². The number of hydrogen-bond donors (Lipinski definition) is 1. The van der Waals surface area contributed by atoms with E-state index in [4.69, 9.17) is 9.05 Å². The van der Waals surface area contributed by atoms with Gasteiger partial charge in [-0.3, -0.25) is 9.36 Å². The highest BCUT2D eigenvalue weighted by molar-refractivity contribution is 7.62. The Balaban J connectivity index is 1.82. The van der Waals surface area contributed by atoms with E-state index in [1.165, 1.54) is 0 Å². The molecule has 0 spiro atoms. The van der Waals surface area contributed by atoms with Gasteiger partial charge in [0.25, 0.3) is 5.91 Å². The largest absolute Gasteiger partial charge is 0.361 e. The molecule has 0 aliphatic heterocycles. The standard InChI is InChI=1S/C20H24N3O4P/c1-4-26-28(25,27-5-2)17-9-6-15(7-10-17)13-23-14-22-18-12-16(20(24)21-3)8-11-19(18)23/h6-12,14H,4-5,13H2,1-3H3,(H,21,24). The lowest BCUT2D eigenvalue weighted by Gasteiger charge is -2.17. The van der Waals surface area contributed by atoms with Crippen molar-refractivity contribution in [2.75, 3.05) is 20.3 Å². The van der Waals surface area contributed by atoms with Gasteiger partial charge in [0.15, 0.2) is 0 Å². The highest BCUT2D eigenvalue weighted by atomic mass is 31.2. The molecule has 0 aliphatic rings. The minimum Gasteiger partial charge on any atom is -0.355 e. The van der Waals surface area contributed by atoms with Gasteiger partial charge in [0.05, 0.1) is 35.9 Å². The van der Waals surface area contributed by atoms with E-state index >= 15 is 0 Å². The number of carbonyl (C=O) groups is 1. The van der Waals surface area contributed by atoms with Crippen molar-refractivity contribution >= 4 is 29.8 Å². The highest BCUT2D eigenvalue weighted by Gasteiger charge is 2.26. The Hall–Kier alpha value is -2.47. The second kappa shape index (κ2) is 8.69. The summed E-state index contributed by atoms with van der Waals surface area (Å²) in [5, 5.41) is 3.16. The molecule has 28 heavy (non-hydrogen) atoms. The van der Waals surface area contributed by atoms with Gasteiger partial charge in [-0.2, -0.15) is 0 Å². The number of nitrogens with zero attached hydrogens (tertiary/aromatic N) is 2. The number of fused-ring (bicyclic) bond motifs is 1. The summed E-state index contributed by atoms with van der Waals surface area (Å²) in [5.41, 5.74) is 3.30. The molecule has 0 saturated carbocycles. The van der Waals surface area contributed by atoms with Crippen molar-refractivity contribution in [1.82, 2.24) is 14.9 Å². The van der Waals surface area contributed by atoms with Gasteiger partial charge in [0.2, 0.25) is 0 Å². The van der Waals surface area contributed by atoms with Crippen LogP contribution in [0.4, 0.5) is 0 Å². The number of aromatic nitrogens is 2. The van der Waals surface area contributed by atoms with E-state index in [1.54, 1.807) is 51.5 Å². The third-order valence-corrected chi connectivity index (χ3v) is 6.44. The molecular weight excluding hydrogens is 377 g/mol. The van der Waals surface area contributed by atoms with Crippen LogP contribution in [0.2, 0.25) is 0 Å². The lowest BCUT2D eigenvalue weighted by molar-refractivity contribution is 0.0963. The van der Waals surface area contributed by atoms with Crippen molar-refractivity contribution in [1.29, 1.82) is 0 Å². The maximum Gasteiger partial charge on any atom is 0.361 e. The molecule has 7 nitrogen and oxygen atoms in total. The monoisotopic (exact) mass is 401 g/mol. The predicted octanol–water partition coefficient (Wildman–Crippen LogP) is 3.34. The molecule has 1 N–H and O–H groups in total. The van der Waals surface area contributed by atoms with E-state index in [2.05, 4.69) is 10.3 Å². The first-order valence-electron chi connectivity index (χ1n) is 9.16. The maximum absolute atomic E-state index is 12.8. The summed E-state index contributed by atoms with van der Waals surface area (Å²) in [6.45, 7) is 4.82. The zero-order valence-electron chi connectivity index (χ0n) is 16.2. The highest BCUT2D eigenvalue weighted by Crippen LogP contribution is 2.46. The Labute approximate surface area is 164 Å². The molecule has 0 radical (unpaired) electrons. The second-order valence-electron chi connectivity index (χ2n) is 6.15. The molecule has 3 rings (SSSR count). The molecule has 0 unspecified atom stereocenters. The zero-order chi connectivity index (χ0) is 20.1. The van der Waals surface area contributed by atoms with Crippen LogP contribution >= 0.6 is 7.60 Å². The van der Waals surface area contributed by atoms with Crippen molar-refractivity contribution in [3.05, 3.63) is 59.9 Å². The van der Waals surface area contributed by atoms with Gasteiger partial charge >= 0.3 is 7.60 Å². The Kier molecular flexibility index (Phi) is 6.29. The minimum absolute atomic E-state index is 0.139. The fourth-order valence-electron chi connectivity index (χ4n) is 2.98. The molecular formula is C20H24N3O4P. The molecule has 2 aromatic carbocycles. The first-order chi connectivity index (χ1) is 13.5. The fourth-order valence-corrected chi connectivity index (χ4v) is 4.55.